The number of nitrogens with one attached hydrogen (secondary N) is 2. The molecule has 35 heavy (non-hydrogen) atoms. The number of carbonyl (C=O) groups is 1. The predicted molar refractivity (Wildman–Crippen MR) is 141 cm³/mol. The van der Waals surface area contributed by atoms with Gasteiger partial charge in [-0.1, -0.05) is 35.9 Å². The van der Waals surface area contributed by atoms with Crippen LogP contribution in [-0.2, 0) is 4.79 Å². The number of para-hydroxylation sites is 1. The smallest absolute Gasteiger partial charge is 0.226 e. The third kappa shape index (κ3) is 5.21. The molecule has 1 aliphatic heterocycles. The summed E-state index contributed by atoms with van der Waals surface area (Å²) in [6.07, 6.45) is 2.03. The monoisotopic (exact) mass is 502 g/mol. The molecule has 0 radical (unpaired) electrons. The second kappa shape index (κ2) is 10.3. The van der Waals surface area contributed by atoms with Crippen molar-refractivity contribution in [2.45, 2.75) is 18.5 Å². The molecule has 0 bridgehead atoms. The third-order valence-electron chi connectivity index (χ3n) is 5.88. The Bertz CT molecular complexity index is 1310. The minimum atomic E-state index is -0.261. The Hall–Kier alpha value is -3.68. The first-order valence-corrected chi connectivity index (χ1v) is 12.1. The number of amides is 1. The Morgan fingerprint density at radius 1 is 1.03 bits per heavy atom. The fourth-order valence-corrected chi connectivity index (χ4v) is 4.66. The quantitative estimate of drug-likeness (QED) is 0.302. The fourth-order valence-electron chi connectivity index (χ4n) is 4.20. The summed E-state index contributed by atoms with van der Waals surface area (Å²) in [6.45, 7) is 0.426. The van der Waals surface area contributed by atoms with Crippen LogP contribution in [0, 0.1) is 0 Å². The molecule has 4 aromatic rings. The molecule has 2 N–H and O–H groups in total. The summed E-state index contributed by atoms with van der Waals surface area (Å²) >= 11 is 11.7. The molecule has 0 spiro atoms. The number of furan rings is 1. The van der Waals surface area contributed by atoms with Crippen LogP contribution in [0.2, 0.25) is 5.02 Å². The highest BCUT2D eigenvalue weighted by Crippen LogP contribution is 2.40. The van der Waals surface area contributed by atoms with Crippen molar-refractivity contribution in [1.29, 1.82) is 0 Å². The summed E-state index contributed by atoms with van der Waals surface area (Å²) in [5.74, 6) is 1.39. The van der Waals surface area contributed by atoms with Crippen LogP contribution < -0.4 is 10.6 Å². The van der Waals surface area contributed by atoms with Gasteiger partial charge in [0.25, 0.3) is 0 Å². The number of nitrogens with zero attached hydrogens (tertiary/aromatic N) is 2. The summed E-state index contributed by atoms with van der Waals surface area (Å²) in [7, 11) is 0. The van der Waals surface area contributed by atoms with Gasteiger partial charge in [0.05, 0.1) is 11.7 Å². The highest BCUT2D eigenvalue weighted by Gasteiger charge is 2.41. The van der Waals surface area contributed by atoms with Gasteiger partial charge in [-0.05, 0) is 72.9 Å². The number of rotatable bonds is 7. The van der Waals surface area contributed by atoms with Crippen LogP contribution in [0.4, 0.5) is 5.69 Å². The van der Waals surface area contributed by atoms with Gasteiger partial charge in [-0.3, -0.25) is 9.78 Å². The number of hydrogen-bond acceptors (Lipinski definition) is 4. The van der Waals surface area contributed by atoms with Crippen LogP contribution in [0.1, 0.15) is 30.0 Å². The van der Waals surface area contributed by atoms with E-state index in [1.165, 1.54) is 0 Å². The number of carbonyl (C=O) groups excluding carboxylic acids is 1. The number of hydrogen-bond donors (Lipinski definition) is 2. The minimum Gasteiger partial charge on any atom is -0.459 e. The zero-order valence-corrected chi connectivity index (χ0v) is 20.3. The maximum Gasteiger partial charge on any atom is 0.226 e. The maximum absolute atomic E-state index is 12.6. The molecule has 1 amide bonds. The lowest BCUT2D eigenvalue weighted by Crippen LogP contribution is -2.32. The SMILES string of the molecule is O=C(CCN1C(=S)N[C@@H](c2ccccn2)[C@@H]1c1ccc(-c2ccc(Cl)cc2)o1)Nc1ccccc1. The van der Waals surface area contributed by atoms with Crippen LogP contribution >= 0.6 is 23.8 Å². The first kappa shape index (κ1) is 23.1. The van der Waals surface area contributed by atoms with E-state index in [0.717, 1.165) is 28.5 Å². The molecule has 0 saturated carbocycles. The van der Waals surface area contributed by atoms with E-state index in [1.807, 2.05) is 89.8 Å². The maximum atomic E-state index is 12.6. The van der Waals surface area contributed by atoms with Gasteiger partial charge in [0.2, 0.25) is 5.91 Å². The van der Waals surface area contributed by atoms with E-state index in [0.29, 0.717) is 16.7 Å². The van der Waals surface area contributed by atoms with Gasteiger partial charge in [-0.25, -0.2) is 0 Å². The van der Waals surface area contributed by atoms with Crippen molar-refractivity contribution in [3.63, 3.8) is 0 Å². The van der Waals surface area contributed by atoms with Crippen LogP contribution in [-0.4, -0.2) is 27.4 Å². The molecule has 8 heteroatoms. The normalized spacial score (nSPS) is 17.3. The topological polar surface area (TPSA) is 70.4 Å². The van der Waals surface area contributed by atoms with Crippen molar-refractivity contribution in [1.82, 2.24) is 15.2 Å². The molecule has 5 rings (SSSR count). The largest absolute Gasteiger partial charge is 0.459 e. The van der Waals surface area contributed by atoms with Crippen LogP contribution in [0.5, 0.6) is 0 Å². The van der Waals surface area contributed by atoms with Crippen LogP contribution in [0.3, 0.4) is 0 Å². The van der Waals surface area contributed by atoms with Crippen molar-refractivity contribution in [3.8, 4) is 11.3 Å². The predicted octanol–water partition coefficient (Wildman–Crippen LogP) is 6.00. The van der Waals surface area contributed by atoms with Gasteiger partial charge in [-0.15, -0.1) is 0 Å². The Labute approximate surface area is 213 Å². The van der Waals surface area contributed by atoms with Crippen LogP contribution in [0.15, 0.2) is 95.5 Å². The number of anilines is 1. The van der Waals surface area contributed by atoms with Gasteiger partial charge in [0.1, 0.15) is 17.6 Å². The zero-order valence-electron chi connectivity index (χ0n) is 18.7. The Balaban J connectivity index is 1.40. The first-order chi connectivity index (χ1) is 17.1. The van der Waals surface area contributed by atoms with Crippen molar-refractivity contribution in [2.75, 3.05) is 11.9 Å². The third-order valence-corrected chi connectivity index (χ3v) is 6.49. The van der Waals surface area contributed by atoms with Crippen molar-refractivity contribution >= 4 is 40.5 Å². The summed E-state index contributed by atoms with van der Waals surface area (Å²) in [5, 5.41) is 7.54. The second-order valence-electron chi connectivity index (χ2n) is 8.19. The molecule has 2 aromatic heterocycles. The second-order valence-corrected chi connectivity index (χ2v) is 9.02. The van der Waals surface area contributed by atoms with Gasteiger partial charge >= 0.3 is 0 Å². The van der Waals surface area contributed by atoms with Crippen LogP contribution in [0.25, 0.3) is 11.3 Å². The lowest BCUT2D eigenvalue weighted by atomic mass is 10.0. The molecule has 176 valence electrons. The highest BCUT2D eigenvalue weighted by atomic mass is 35.5. The summed E-state index contributed by atoms with van der Waals surface area (Å²) in [6, 6.07) is 26.1. The van der Waals surface area contributed by atoms with Gasteiger partial charge < -0.3 is 20.0 Å². The molecule has 0 aliphatic carbocycles. The van der Waals surface area contributed by atoms with E-state index in [4.69, 9.17) is 28.2 Å². The zero-order chi connectivity index (χ0) is 24.2. The average Bonchev–Trinajstić information content (AvgIpc) is 3.49. The Morgan fingerprint density at radius 2 is 1.80 bits per heavy atom. The molecule has 1 fully saturated rings. The number of pyridine rings is 1. The average molecular weight is 503 g/mol. The molecule has 3 heterocycles. The molecular formula is C27H23ClN4O2S. The van der Waals surface area contributed by atoms with Gasteiger partial charge in [0, 0.05) is 35.4 Å². The fraction of sp³-hybridized carbons (Fsp3) is 0.148. The number of benzene rings is 2. The Morgan fingerprint density at radius 3 is 2.54 bits per heavy atom. The summed E-state index contributed by atoms with van der Waals surface area (Å²) in [5.41, 5.74) is 2.54. The summed E-state index contributed by atoms with van der Waals surface area (Å²) in [4.78, 5) is 19.2. The van der Waals surface area contributed by atoms with Crippen molar-refractivity contribution in [2.24, 2.45) is 0 Å². The van der Waals surface area contributed by atoms with Gasteiger partial charge in [-0.2, -0.15) is 0 Å². The van der Waals surface area contributed by atoms with E-state index in [9.17, 15) is 4.79 Å². The molecule has 2 aromatic carbocycles. The van der Waals surface area contributed by atoms with E-state index in [1.54, 1.807) is 6.20 Å². The number of halogens is 1. The lowest BCUT2D eigenvalue weighted by Gasteiger charge is -2.25. The standard InChI is InChI=1S/C27H23ClN4O2S/c28-19-11-9-18(10-12-19)22-13-14-23(34-22)26-25(21-8-4-5-16-29-21)31-27(35)32(26)17-15-24(33)30-20-6-2-1-3-7-20/h1-14,16,25-26H,15,17H2,(H,30,33)(H,31,35)/t25-,26-/m0/s1. The molecule has 1 aliphatic rings. The number of thiocarbonyl (C=S) groups is 1. The Kier molecular flexibility index (Phi) is 6.79. The van der Waals surface area contributed by atoms with E-state index in [2.05, 4.69) is 15.6 Å². The lowest BCUT2D eigenvalue weighted by molar-refractivity contribution is -0.116. The first-order valence-electron chi connectivity index (χ1n) is 11.3. The molecular weight excluding hydrogens is 480 g/mol. The molecule has 6 nitrogen and oxygen atoms in total. The van der Waals surface area contributed by atoms with E-state index < -0.39 is 0 Å². The molecule has 0 unspecified atom stereocenters. The van der Waals surface area contributed by atoms with E-state index in [-0.39, 0.29) is 24.4 Å². The summed E-state index contributed by atoms with van der Waals surface area (Å²) < 4.78 is 6.31. The molecule has 2 atom stereocenters. The van der Waals surface area contributed by atoms with E-state index >= 15 is 0 Å². The number of aromatic nitrogens is 1. The highest BCUT2D eigenvalue weighted by molar-refractivity contribution is 7.80. The van der Waals surface area contributed by atoms with Gasteiger partial charge in [0.15, 0.2) is 5.11 Å². The minimum absolute atomic E-state index is 0.0830. The molecule has 1 saturated heterocycles. The van der Waals surface area contributed by atoms with Crippen molar-refractivity contribution < 1.29 is 9.21 Å². The van der Waals surface area contributed by atoms with Crippen molar-refractivity contribution in [3.05, 3.63) is 108 Å².